The predicted octanol–water partition coefficient (Wildman–Crippen LogP) is 2.92. The van der Waals surface area contributed by atoms with Crippen molar-refractivity contribution in [3.05, 3.63) is 35.4 Å². The van der Waals surface area contributed by atoms with Gasteiger partial charge in [-0.2, -0.15) is 0 Å². The second-order valence-corrected chi connectivity index (χ2v) is 6.33. The first kappa shape index (κ1) is 15.5. The summed E-state index contributed by atoms with van der Waals surface area (Å²) in [4.78, 5) is 23.1. The molecule has 2 rings (SSSR count). The third-order valence-electron chi connectivity index (χ3n) is 4.03. The number of carboxylic acids is 1. The molecule has 1 amide bonds. The van der Waals surface area contributed by atoms with Crippen LogP contribution in [0.4, 0.5) is 0 Å². The fourth-order valence-corrected chi connectivity index (χ4v) is 2.75. The van der Waals surface area contributed by atoms with Crippen LogP contribution in [0, 0.1) is 24.7 Å². The Morgan fingerprint density at radius 1 is 1.29 bits per heavy atom. The van der Waals surface area contributed by atoms with Crippen LogP contribution in [0.15, 0.2) is 24.3 Å². The average Bonchev–Trinajstić information content (AvgIpc) is 3.18. The van der Waals surface area contributed by atoms with Gasteiger partial charge in [0, 0.05) is 0 Å². The maximum Gasteiger partial charge on any atom is 0.307 e. The summed E-state index contributed by atoms with van der Waals surface area (Å²) in [5, 5.41) is 12.0. The van der Waals surface area contributed by atoms with Gasteiger partial charge in [0.05, 0.1) is 17.9 Å². The Morgan fingerprint density at radius 2 is 1.95 bits per heavy atom. The Kier molecular flexibility index (Phi) is 4.66. The Bertz CT molecular complexity index is 539. The van der Waals surface area contributed by atoms with Gasteiger partial charge in [0.1, 0.15) is 0 Å². The molecule has 21 heavy (non-hydrogen) atoms. The van der Waals surface area contributed by atoms with Crippen LogP contribution in [-0.4, -0.2) is 17.0 Å². The minimum Gasteiger partial charge on any atom is -0.481 e. The Morgan fingerprint density at radius 3 is 2.48 bits per heavy atom. The number of carboxylic acid groups (broad SMARTS) is 1. The second kappa shape index (κ2) is 6.29. The summed E-state index contributed by atoms with van der Waals surface area (Å²) in [7, 11) is 0. The van der Waals surface area contributed by atoms with Gasteiger partial charge in [-0.1, -0.05) is 38.1 Å². The fraction of sp³-hybridized carbons (Fsp3) is 0.529. The van der Waals surface area contributed by atoms with Crippen molar-refractivity contribution in [2.45, 2.75) is 39.7 Å². The van der Waals surface area contributed by atoms with Crippen molar-refractivity contribution in [2.24, 2.45) is 17.8 Å². The van der Waals surface area contributed by atoms with Crippen LogP contribution in [0.3, 0.4) is 0 Å². The SMILES string of the molecule is Cc1ccccc1C(CC(C)C)NC(=O)C1CC1C(=O)O. The van der Waals surface area contributed by atoms with Crippen molar-refractivity contribution in [1.29, 1.82) is 0 Å². The van der Waals surface area contributed by atoms with E-state index >= 15 is 0 Å². The van der Waals surface area contributed by atoms with Gasteiger partial charge >= 0.3 is 5.97 Å². The highest BCUT2D eigenvalue weighted by Gasteiger charge is 2.48. The molecule has 1 aromatic carbocycles. The van der Waals surface area contributed by atoms with Gasteiger partial charge in [0.2, 0.25) is 5.91 Å². The van der Waals surface area contributed by atoms with Crippen molar-refractivity contribution in [3.8, 4) is 0 Å². The Labute approximate surface area is 125 Å². The number of benzene rings is 1. The minimum atomic E-state index is -0.869. The molecule has 1 aromatic rings. The van der Waals surface area contributed by atoms with Crippen LogP contribution in [0.25, 0.3) is 0 Å². The maximum absolute atomic E-state index is 12.2. The van der Waals surface area contributed by atoms with E-state index in [1.807, 2.05) is 31.2 Å². The quantitative estimate of drug-likeness (QED) is 0.846. The van der Waals surface area contributed by atoms with Crippen LogP contribution < -0.4 is 5.32 Å². The molecule has 1 aliphatic rings. The zero-order valence-corrected chi connectivity index (χ0v) is 12.8. The first-order valence-corrected chi connectivity index (χ1v) is 7.48. The van der Waals surface area contributed by atoms with Crippen LogP contribution in [-0.2, 0) is 9.59 Å². The van der Waals surface area contributed by atoms with E-state index in [0.29, 0.717) is 12.3 Å². The van der Waals surface area contributed by atoms with Crippen molar-refractivity contribution in [2.75, 3.05) is 0 Å². The first-order chi connectivity index (χ1) is 9.90. The van der Waals surface area contributed by atoms with Gasteiger partial charge in [-0.05, 0) is 36.8 Å². The highest BCUT2D eigenvalue weighted by Crippen LogP contribution is 2.39. The van der Waals surface area contributed by atoms with Crippen molar-refractivity contribution >= 4 is 11.9 Å². The summed E-state index contributed by atoms with van der Waals surface area (Å²) < 4.78 is 0. The third-order valence-corrected chi connectivity index (χ3v) is 4.03. The summed E-state index contributed by atoms with van der Waals surface area (Å²) in [5.74, 6) is -1.41. The minimum absolute atomic E-state index is 0.0475. The molecule has 0 spiro atoms. The summed E-state index contributed by atoms with van der Waals surface area (Å²) in [6.45, 7) is 6.27. The number of nitrogens with one attached hydrogen (secondary N) is 1. The maximum atomic E-state index is 12.2. The summed E-state index contributed by atoms with van der Waals surface area (Å²) in [5.41, 5.74) is 2.26. The van der Waals surface area contributed by atoms with Crippen LogP contribution in [0.2, 0.25) is 0 Å². The largest absolute Gasteiger partial charge is 0.481 e. The van der Waals surface area contributed by atoms with Crippen LogP contribution in [0.5, 0.6) is 0 Å². The molecule has 3 atom stereocenters. The van der Waals surface area contributed by atoms with Crippen LogP contribution in [0.1, 0.15) is 43.9 Å². The van der Waals surface area contributed by atoms with E-state index in [2.05, 4.69) is 19.2 Å². The number of aliphatic carboxylic acids is 1. The predicted molar refractivity (Wildman–Crippen MR) is 80.8 cm³/mol. The number of hydrogen-bond donors (Lipinski definition) is 2. The van der Waals surface area contributed by atoms with Crippen molar-refractivity contribution < 1.29 is 14.7 Å². The molecule has 0 bridgehead atoms. The van der Waals surface area contributed by atoms with E-state index in [4.69, 9.17) is 5.11 Å². The highest BCUT2D eigenvalue weighted by atomic mass is 16.4. The van der Waals surface area contributed by atoms with E-state index in [-0.39, 0.29) is 17.9 Å². The molecule has 0 saturated heterocycles. The van der Waals surface area contributed by atoms with E-state index < -0.39 is 11.9 Å². The monoisotopic (exact) mass is 289 g/mol. The summed E-state index contributed by atoms with van der Waals surface area (Å²) in [6.07, 6.45) is 1.31. The molecule has 0 heterocycles. The molecule has 1 saturated carbocycles. The number of aryl methyl sites for hydroxylation is 1. The van der Waals surface area contributed by atoms with Gasteiger partial charge in [-0.3, -0.25) is 9.59 Å². The number of carbonyl (C=O) groups excluding carboxylic acids is 1. The molecular formula is C17H23NO3. The molecule has 4 nitrogen and oxygen atoms in total. The van der Waals surface area contributed by atoms with E-state index in [1.165, 1.54) is 0 Å². The van der Waals surface area contributed by atoms with E-state index in [9.17, 15) is 9.59 Å². The number of carbonyl (C=O) groups is 2. The number of rotatable bonds is 6. The normalized spacial score (nSPS) is 21.9. The zero-order chi connectivity index (χ0) is 15.6. The average molecular weight is 289 g/mol. The second-order valence-electron chi connectivity index (χ2n) is 6.33. The molecule has 0 aliphatic heterocycles. The van der Waals surface area contributed by atoms with Crippen LogP contribution >= 0.6 is 0 Å². The smallest absolute Gasteiger partial charge is 0.307 e. The Hall–Kier alpha value is -1.84. The third kappa shape index (κ3) is 3.84. The van der Waals surface area contributed by atoms with Gasteiger partial charge < -0.3 is 10.4 Å². The van der Waals surface area contributed by atoms with Crippen molar-refractivity contribution in [3.63, 3.8) is 0 Å². The lowest BCUT2D eigenvalue weighted by Crippen LogP contribution is -2.32. The van der Waals surface area contributed by atoms with Gasteiger partial charge in [0.25, 0.3) is 0 Å². The number of hydrogen-bond acceptors (Lipinski definition) is 2. The molecule has 0 aromatic heterocycles. The zero-order valence-electron chi connectivity index (χ0n) is 12.8. The lowest BCUT2D eigenvalue weighted by atomic mass is 9.93. The topological polar surface area (TPSA) is 66.4 Å². The van der Waals surface area contributed by atoms with Gasteiger partial charge in [-0.15, -0.1) is 0 Å². The molecule has 3 unspecified atom stereocenters. The first-order valence-electron chi connectivity index (χ1n) is 7.48. The highest BCUT2D eigenvalue weighted by molar-refractivity contribution is 5.89. The summed E-state index contributed by atoms with van der Waals surface area (Å²) in [6, 6.07) is 7.97. The molecule has 4 heteroatoms. The van der Waals surface area contributed by atoms with Gasteiger partial charge in [0.15, 0.2) is 0 Å². The number of amides is 1. The standard InChI is InChI=1S/C17H23NO3/c1-10(2)8-15(12-7-5-4-6-11(12)3)18-16(19)13-9-14(13)17(20)21/h4-7,10,13-15H,8-9H2,1-3H3,(H,18,19)(H,20,21). The molecule has 114 valence electrons. The van der Waals surface area contributed by atoms with E-state index in [1.54, 1.807) is 0 Å². The Balaban J connectivity index is 2.09. The molecule has 1 aliphatic carbocycles. The van der Waals surface area contributed by atoms with E-state index in [0.717, 1.165) is 17.5 Å². The molecule has 2 N–H and O–H groups in total. The fourth-order valence-electron chi connectivity index (χ4n) is 2.75. The molecular weight excluding hydrogens is 266 g/mol. The summed E-state index contributed by atoms with van der Waals surface area (Å²) >= 11 is 0. The van der Waals surface area contributed by atoms with Gasteiger partial charge in [-0.25, -0.2) is 0 Å². The molecule has 0 radical (unpaired) electrons. The molecule has 1 fully saturated rings. The lowest BCUT2D eigenvalue weighted by Gasteiger charge is -2.23. The van der Waals surface area contributed by atoms with Crippen molar-refractivity contribution in [1.82, 2.24) is 5.32 Å². The lowest BCUT2D eigenvalue weighted by molar-refractivity contribution is -0.140.